The van der Waals surface area contributed by atoms with Crippen molar-refractivity contribution in [1.82, 2.24) is 5.32 Å². The predicted molar refractivity (Wildman–Crippen MR) is 372 cm³/mol. The molecule has 0 bridgehead atoms. The SMILES string of the molecule is CC/C=C\C/C=C\C/C=C\C/C=C\C/C=C\C/C=C\C/C=C\C/C=C\C/C=C\C/C=C\C/C=C\CCCCCCCC(=O)NC(CO)C(O)/C=C/CC/C=C/CC/C=C/CCCCCCCCCCCCCCCCCCCCCCCC. The van der Waals surface area contributed by atoms with Crippen molar-refractivity contribution >= 4 is 5.91 Å². The number of allylic oxidation sites excluding steroid dienone is 27. The Kier molecular flexibility index (Phi) is 68.3. The van der Waals surface area contributed by atoms with E-state index in [-0.39, 0.29) is 12.5 Å². The predicted octanol–water partition coefficient (Wildman–Crippen LogP) is 24.2. The van der Waals surface area contributed by atoms with Gasteiger partial charge < -0.3 is 15.5 Å². The van der Waals surface area contributed by atoms with Gasteiger partial charge in [0.05, 0.1) is 18.8 Å². The molecular formula is C79H131NO3. The molecule has 470 valence electrons. The van der Waals surface area contributed by atoms with Crippen LogP contribution in [0.15, 0.2) is 170 Å². The summed E-state index contributed by atoms with van der Waals surface area (Å²) in [4.78, 5) is 12.5. The molecule has 0 fully saturated rings. The molecule has 0 spiro atoms. The van der Waals surface area contributed by atoms with Crippen LogP contribution in [0.1, 0.15) is 303 Å². The van der Waals surface area contributed by atoms with Gasteiger partial charge in [-0.2, -0.15) is 0 Å². The van der Waals surface area contributed by atoms with Gasteiger partial charge in [0.25, 0.3) is 0 Å². The molecule has 0 rings (SSSR count). The minimum Gasteiger partial charge on any atom is -0.394 e. The second-order valence-electron chi connectivity index (χ2n) is 22.8. The normalized spacial score (nSPS) is 13.8. The molecule has 4 nitrogen and oxygen atoms in total. The van der Waals surface area contributed by atoms with E-state index >= 15 is 0 Å². The third-order valence-electron chi connectivity index (χ3n) is 14.9. The van der Waals surface area contributed by atoms with Gasteiger partial charge in [0.2, 0.25) is 5.91 Å². The highest BCUT2D eigenvalue weighted by atomic mass is 16.3. The maximum absolute atomic E-state index is 12.5. The van der Waals surface area contributed by atoms with Crippen LogP contribution in [-0.2, 0) is 4.79 Å². The fourth-order valence-electron chi connectivity index (χ4n) is 9.69. The third kappa shape index (κ3) is 68.4. The van der Waals surface area contributed by atoms with Gasteiger partial charge in [-0.3, -0.25) is 4.79 Å². The zero-order chi connectivity index (χ0) is 59.8. The molecule has 0 saturated carbocycles. The smallest absolute Gasteiger partial charge is 0.220 e. The van der Waals surface area contributed by atoms with Gasteiger partial charge in [-0.15, -0.1) is 0 Å². The Hall–Kier alpha value is -4.25. The average molecular weight is 1140 g/mol. The summed E-state index contributed by atoms with van der Waals surface area (Å²) >= 11 is 0. The first-order valence-corrected chi connectivity index (χ1v) is 34.8. The van der Waals surface area contributed by atoms with Gasteiger partial charge in [-0.25, -0.2) is 0 Å². The molecule has 0 heterocycles. The van der Waals surface area contributed by atoms with Gasteiger partial charge in [-0.1, -0.05) is 338 Å². The zero-order valence-electron chi connectivity index (χ0n) is 54.2. The van der Waals surface area contributed by atoms with Gasteiger partial charge >= 0.3 is 0 Å². The number of unbranched alkanes of at least 4 members (excludes halogenated alkanes) is 29. The number of amides is 1. The van der Waals surface area contributed by atoms with Gasteiger partial charge in [0.1, 0.15) is 0 Å². The van der Waals surface area contributed by atoms with Crippen molar-refractivity contribution in [2.45, 2.75) is 315 Å². The maximum Gasteiger partial charge on any atom is 0.220 e. The van der Waals surface area contributed by atoms with Crippen molar-refractivity contribution < 1.29 is 15.0 Å². The highest BCUT2D eigenvalue weighted by molar-refractivity contribution is 5.76. The summed E-state index contributed by atoms with van der Waals surface area (Å²) in [6, 6.07) is -0.672. The number of aliphatic hydroxyl groups is 2. The lowest BCUT2D eigenvalue weighted by Gasteiger charge is -2.19. The van der Waals surface area contributed by atoms with E-state index in [2.05, 4.69) is 177 Å². The first-order chi connectivity index (χ1) is 41.2. The highest BCUT2D eigenvalue weighted by Gasteiger charge is 2.18. The minimum atomic E-state index is -0.894. The summed E-state index contributed by atoms with van der Waals surface area (Å²) in [5.41, 5.74) is 0. The minimum absolute atomic E-state index is 0.102. The lowest BCUT2D eigenvalue weighted by Crippen LogP contribution is -2.45. The van der Waals surface area contributed by atoms with Crippen molar-refractivity contribution in [3.8, 4) is 0 Å². The highest BCUT2D eigenvalue weighted by Crippen LogP contribution is 2.16. The van der Waals surface area contributed by atoms with Gasteiger partial charge in [-0.05, 0) is 128 Å². The lowest BCUT2D eigenvalue weighted by molar-refractivity contribution is -0.123. The van der Waals surface area contributed by atoms with E-state index in [4.69, 9.17) is 0 Å². The summed E-state index contributed by atoms with van der Waals surface area (Å²) in [6.07, 6.45) is 116. The van der Waals surface area contributed by atoms with Gasteiger partial charge in [0.15, 0.2) is 0 Å². The first-order valence-electron chi connectivity index (χ1n) is 34.8. The summed E-state index contributed by atoms with van der Waals surface area (Å²) in [6.45, 7) is 4.18. The number of rotatable bonds is 62. The molecule has 0 aliphatic rings. The van der Waals surface area contributed by atoms with Crippen LogP contribution < -0.4 is 5.32 Å². The van der Waals surface area contributed by atoms with E-state index in [0.717, 1.165) is 128 Å². The van der Waals surface area contributed by atoms with E-state index in [0.29, 0.717) is 6.42 Å². The van der Waals surface area contributed by atoms with Crippen LogP contribution in [0.2, 0.25) is 0 Å². The Morgan fingerprint density at radius 2 is 0.542 bits per heavy atom. The zero-order valence-corrected chi connectivity index (χ0v) is 54.2. The summed E-state index contributed by atoms with van der Waals surface area (Å²) in [5, 5.41) is 23.2. The quantitative estimate of drug-likeness (QED) is 0.0420. The Morgan fingerprint density at radius 1 is 0.301 bits per heavy atom. The Morgan fingerprint density at radius 3 is 0.843 bits per heavy atom. The maximum atomic E-state index is 12.5. The topological polar surface area (TPSA) is 69.6 Å². The van der Waals surface area contributed by atoms with Crippen LogP contribution >= 0.6 is 0 Å². The van der Waals surface area contributed by atoms with E-state index in [1.165, 1.54) is 154 Å². The van der Waals surface area contributed by atoms with Crippen molar-refractivity contribution in [3.63, 3.8) is 0 Å². The standard InChI is InChI=1S/C79H131NO3/c1-3-5-7-9-11-13-15-17-19-21-23-25-27-29-31-33-35-37-38-39-40-41-42-43-45-47-49-51-53-55-57-59-61-63-65-67-69-71-73-75-79(83)80-77(76-81)78(82)74-72-70-68-66-64-62-60-58-56-54-52-50-48-46-44-36-34-32-30-28-26-24-22-20-18-16-14-12-10-8-6-4-2/h5,7,11,13,17,19,23,25,29,31,35,37,39-40,42-43,47,49,53,55-56,58-59,61,64,66,72,74,77-78,81-82H,3-4,6,8-10,12,14-16,18,20-22,24,26-28,30,32-34,36,38,41,44-46,48,50-52,54,57,60,62-63,65,67-71,73,75-76H2,1-2H3,(H,80,83)/b7-5-,13-11-,19-17-,25-23-,31-29-,37-35-,40-39-,43-42-,49-47-,55-53-,58-56+,61-59-,66-64+,74-72+. The Bertz CT molecular complexity index is 1780. The van der Waals surface area contributed by atoms with Crippen LogP contribution in [0.4, 0.5) is 0 Å². The molecule has 1 amide bonds. The molecule has 3 N–H and O–H groups in total. The fraction of sp³-hybridized carbons (Fsp3) is 0.633. The van der Waals surface area contributed by atoms with E-state index in [9.17, 15) is 15.0 Å². The van der Waals surface area contributed by atoms with Crippen LogP contribution in [0.5, 0.6) is 0 Å². The molecule has 0 saturated heterocycles. The second-order valence-corrected chi connectivity index (χ2v) is 22.8. The molecular weight excluding hydrogens is 1010 g/mol. The number of nitrogens with one attached hydrogen (secondary N) is 1. The second kappa shape index (κ2) is 72.0. The molecule has 0 radical (unpaired) electrons. The molecule has 0 aliphatic carbocycles. The van der Waals surface area contributed by atoms with E-state index in [1.807, 2.05) is 6.08 Å². The Labute approximate surface area is 515 Å². The van der Waals surface area contributed by atoms with Crippen molar-refractivity contribution in [2.24, 2.45) is 0 Å². The molecule has 0 aromatic rings. The largest absolute Gasteiger partial charge is 0.394 e. The van der Waals surface area contributed by atoms with Crippen LogP contribution in [0.25, 0.3) is 0 Å². The van der Waals surface area contributed by atoms with Crippen molar-refractivity contribution in [2.75, 3.05) is 6.61 Å². The molecule has 2 atom stereocenters. The molecule has 2 unspecified atom stereocenters. The summed E-state index contributed by atoms with van der Waals surface area (Å²) in [7, 11) is 0. The molecule has 0 aliphatic heterocycles. The first kappa shape index (κ1) is 78.8. The van der Waals surface area contributed by atoms with Crippen molar-refractivity contribution in [3.05, 3.63) is 170 Å². The monoisotopic (exact) mass is 1140 g/mol. The van der Waals surface area contributed by atoms with Crippen LogP contribution in [0.3, 0.4) is 0 Å². The molecule has 0 aromatic heterocycles. The van der Waals surface area contributed by atoms with Crippen LogP contribution in [0, 0.1) is 0 Å². The third-order valence-corrected chi connectivity index (χ3v) is 14.9. The number of hydrogen-bond acceptors (Lipinski definition) is 3. The van der Waals surface area contributed by atoms with E-state index in [1.54, 1.807) is 6.08 Å². The summed E-state index contributed by atoms with van der Waals surface area (Å²) < 4.78 is 0. The number of carbonyl (C=O) groups is 1. The van der Waals surface area contributed by atoms with Crippen LogP contribution in [-0.4, -0.2) is 34.9 Å². The van der Waals surface area contributed by atoms with E-state index < -0.39 is 12.1 Å². The number of hydrogen-bond donors (Lipinski definition) is 3. The Balaban J connectivity index is 3.67. The number of aliphatic hydroxyl groups excluding tert-OH is 2. The fourth-order valence-corrected chi connectivity index (χ4v) is 9.69. The average Bonchev–Trinajstić information content (AvgIpc) is 3.51. The molecule has 83 heavy (non-hydrogen) atoms. The lowest BCUT2D eigenvalue weighted by atomic mass is 10.0. The van der Waals surface area contributed by atoms with Crippen molar-refractivity contribution in [1.29, 1.82) is 0 Å². The molecule has 0 aromatic carbocycles. The number of carbonyl (C=O) groups excluding carboxylic acids is 1. The molecule has 4 heteroatoms. The summed E-state index contributed by atoms with van der Waals surface area (Å²) in [5.74, 6) is -0.102. The van der Waals surface area contributed by atoms with Gasteiger partial charge in [0, 0.05) is 6.42 Å².